The summed E-state index contributed by atoms with van der Waals surface area (Å²) >= 11 is 0. The summed E-state index contributed by atoms with van der Waals surface area (Å²) in [6, 6.07) is 17.6. The fourth-order valence-corrected chi connectivity index (χ4v) is 5.69. The van der Waals surface area contributed by atoms with Crippen LogP contribution in [0.15, 0.2) is 93.6 Å². The molecule has 0 radical (unpaired) electrons. The van der Waals surface area contributed by atoms with Crippen LogP contribution in [0.4, 0.5) is 5.69 Å². The molecule has 7 heteroatoms. The van der Waals surface area contributed by atoms with Crippen LogP contribution in [0.2, 0.25) is 0 Å². The van der Waals surface area contributed by atoms with Gasteiger partial charge in [0.05, 0.1) is 21.8 Å². The highest BCUT2D eigenvalue weighted by Crippen LogP contribution is 2.42. The van der Waals surface area contributed by atoms with Crippen molar-refractivity contribution in [3.8, 4) is 0 Å². The molecule has 5 rings (SSSR count). The molecule has 0 saturated heterocycles. The van der Waals surface area contributed by atoms with Gasteiger partial charge in [0.1, 0.15) is 12.4 Å². The van der Waals surface area contributed by atoms with Crippen molar-refractivity contribution >= 4 is 38.6 Å². The largest absolute Gasteiger partial charge is 0.445 e. The summed E-state index contributed by atoms with van der Waals surface area (Å²) in [6.07, 6.45) is 8.62. The number of hydrogen-bond donors (Lipinski definition) is 0. The fraction of sp³-hybridized carbons (Fsp3) is 0.160. The number of oxazole rings is 1. The predicted molar refractivity (Wildman–Crippen MR) is 131 cm³/mol. The van der Waals surface area contributed by atoms with E-state index in [-0.39, 0.29) is 12.1 Å². The van der Waals surface area contributed by atoms with Crippen LogP contribution in [-0.2, 0) is 9.71 Å². The number of rotatable bonds is 5. The second-order valence-corrected chi connectivity index (χ2v) is 10.2. The highest BCUT2D eigenvalue weighted by atomic mass is 32.2. The summed E-state index contributed by atoms with van der Waals surface area (Å²) in [6.45, 7) is 0. The standard InChI is InChI=1S/C25H24N4O2S/c1-28(2)20-11-9-18(10-12-20)19-15-22-23(25-26-13-14-31-25)17-29(24(22)27-16-19)32(3,30)21-7-5-4-6-8-21/h4-17,22,24H,3H2,1-2H3. The second kappa shape index (κ2) is 7.84. The van der Waals surface area contributed by atoms with E-state index < -0.39 is 9.71 Å². The third kappa shape index (κ3) is 3.44. The average molecular weight is 445 g/mol. The molecule has 2 aliphatic rings. The molecule has 3 aromatic rings. The van der Waals surface area contributed by atoms with Gasteiger partial charge in [0.15, 0.2) is 0 Å². The van der Waals surface area contributed by atoms with Crippen LogP contribution in [0.1, 0.15) is 11.5 Å². The lowest BCUT2D eigenvalue weighted by atomic mass is 9.92. The smallest absolute Gasteiger partial charge is 0.223 e. The summed E-state index contributed by atoms with van der Waals surface area (Å²) in [5.41, 5.74) is 4.05. The van der Waals surface area contributed by atoms with E-state index in [1.807, 2.05) is 56.8 Å². The van der Waals surface area contributed by atoms with E-state index in [1.54, 1.807) is 16.8 Å². The molecule has 2 aliphatic heterocycles. The molecule has 0 saturated carbocycles. The van der Waals surface area contributed by atoms with Gasteiger partial charge in [-0.3, -0.25) is 9.30 Å². The monoisotopic (exact) mass is 444 g/mol. The van der Waals surface area contributed by atoms with Gasteiger partial charge in [0.2, 0.25) is 5.89 Å². The number of anilines is 1. The minimum Gasteiger partial charge on any atom is -0.445 e. The van der Waals surface area contributed by atoms with Crippen LogP contribution in [0.25, 0.3) is 11.1 Å². The topological polar surface area (TPSA) is 61.9 Å². The normalized spacial score (nSPS) is 21.5. The van der Waals surface area contributed by atoms with Gasteiger partial charge in [-0.1, -0.05) is 36.4 Å². The van der Waals surface area contributed by atoms with Gasteiger partial charge in [-0.15, -0.1) is 0 Å². The van der Waals surface area contributed by atoms with Crippen molar-refractivity contribution in [1.29, 1.82) is 0 Å². The van der Waals surface area contributed by atoms with Crippen molar-refractivity contribution in [1.82, 2.24) is 9.29 Å². The van der Waals surface area contributed by atoms with Gasteiger partial charge < -0.3 is 9.32 Å². The molecule has 0 fully saturated rings. The molecule has 162 valence electrons. The number of fused-ring (bicyclic) bond motifs is 1. The van der Waals surface area contributed by atoms with Crippen LogP contribution in [0, 0.1) is 5.92 Å². The molecule has 0 spiro atoms. The van der Waals surface area contributed by atoms with Crippen LogP contribution in [0.5, 0.6) is 0 Å². The van der Waals surface area contributed by atoms with Crippen molar-refractivity contribution < 1.29 is 8.63 Å². The van der Waals surface area contributed by atoms with Crippen LogP contribution in [0.3, 0.4) is 0 Å². The van der Waals surface area contributed by atoms with Crippen molar-refractivity contribution in [2.24, 2.45) is 10.9 Å². The molecule has 0 bridgehead atoms. The van der Waals surface area contributed by atoms with E-state index in [1.165, 1.54) is 0 Å². The zero-order valence-electron chi connectivity index (χ0n) is 18.0. The van der Waals surface area contributed by atoms with Gasteiger partial charge in [-0.05, 0) is 41.3 Å². The zero-order chi connectivity index (χ0) is 22.3. The number of nitrogens with zero attached hydrogens (tertiary/aromatic N) is 4. The first-order chi connectivity index (χ1) is 15.4. The van der Waals surface area contributed by atoms with Crippen molar-refractivity contribution in [2.75, 3.05) is 19.0 Å². The molecule has 0 N–H and O–H groups in total. The molecule has 3 atom stereocenters. The Balaban J connectivity index is 1.55. The molecule has 32 heavy (non-hydrogen) atoms. The van der Waals surface area contributed by atoms with E-state index in [4.69, 9.17) is 9.41 Å². The lowest BCUT2D eigenvalue weighted by Crippen LogP contribution is -2.36. The van der Waals surface area contributed by atoms with E-state index in [9.17, 15) is 4.21 Å². The number of aliphatic imine (C=N–C) groups is 1. The maximum Gasteiger partial charge on any atom is 0.223 e. The molecular weight excluding hydrogens is 420 g/mol. The molecule has 3 unspecified atom stereocenters. The van der Waals surface area contributed by atoms with Gasteiger partial charge in [0.25, 0.3) is 0 Å². The molecule has 2 aromatic carbocycles. The predicted octanol–water partition coefficient (Wildman–Crippen LogP) is 4.20. The van der Waals surface area contributed by atoms with Crippen molar-refractivity contribution in [3.63, 3.8) is 0 Å². The highest BCUT2D eigenvalue weighted by Gasteiger charge is 2.41. The van der Waals surface area contributed by atoms with Crippen LogP contribution in [-0.4, -0.2) is 45.8 Å². The van der Waals surface area contributed by atoms with E-state index in [0.717, 1.165) is 22.4 Å². The number of allylic oxidation sites excluding steroid dienone is 1. The Morgan fingerprint density at radius 1 is 1.09 bits per heavy atom. The Kier molecular flexibility index (Phi) is 4.98. The first-order valence-electron chi connectivity index (χ1n) is 10.3. The maximum atomic E-state index is 13.8. The number of hydrogen-bond acceptors (Lipinski definition) is 5. The minimum absolute atomic E-state index is 0.159. The van der Waals surface area contributed by atoms with Gasteiger partial charge >= 0.3 is 0 Å². The Hall–Kier alpha value is -3.58. The van der Waals surface area contributed by atoms with Gasteiger partial charge in [-0.2, -0.15) is 0 Å². The molecule has 1 aromatic heterocycles. The average Bonchev–Trinajstić information content (AvgIpc) is 3.47. The number of benzene rings is 2. The van der Waals surface area contributed by atoms with Crippen LogP contribution < -0.4 is 4.90 Å². The molecule has 0 aliphatic carbocycles. The Labute approximate surface area is 188 Å². The zero-order valence-corrected chi connectivity index (χ0v) is 18.8. The van der Waals surface area contributed by atoms with E-state index in [2.05, 4.69) is 46.1 Å². The molecule has 6 nitrogen and oxygen atoms in total. The van der Waals surface area contributed by atoms with Gasteiger partial charge in [-0.25, -0.2) is 9.19 Å². The second-order valence-electron chi connectivity index (χ2n) is 8.02. The summed E-state index contributed by atoms with van der Waals surface area (Å²) < 4.78 is 21.2. The van der Waals surface area contributed by atoms with Gasteiger partial charge in [0, 0.05) is 42.7 Å². The molecule has 0 amide bonds. The van der Waals surface area contributed by atoms with Crippen molar-refractivity contribution in [2.45, 2.75) is 11.1 Å². The lowest BCUT2D eigenvalue weighted by Gasteiger charge is -2.30. The first-order valence-corrected chi connectivity index (χ1v) is 12.0. The minimum atomic E-state index is -2.79. The summed E-state index contributed by atoms with van der Waals surface area (Å²) in [4.78, 5) is 11.9. The SMILES string of the molecule is C=S(=O)(c1ccccc1)N1C=C(c2ncco2)C2C=C(c3ccc(N(C)C)cc3)C=NC21. The lowest BCUT2D eigenvalue weighted by molar-refractivity contribution is 0.421. The molecule has 3 heterocycles. The Bertz CT molecular complexity index is 1310. The third-order valence-electron chi connectivity index (χ3n) is 5.78. The fourth-order valence-electron chi connectivity index (χ4n) is 4.05. The third-order valence-corrected chi connectivity index (χ3v) is 7.79. The summed E-state index contributed by atoms with van der Waals surface area (Å²) in [5.74, 6) is 4.43. The first kappa shape index (κ1) is 20.3. The van der Waals surface area contributed by atoms with Crippen LogP contribution >= 0.6 is 0 Å². The summed E-state index contributed by atoms with van der Waals surface area (Å²) in [5, 5.41) is 0. The Morgan fingerprint density at radius 2 is 1.84 bits per heavy atom. The highest BCUT2D eigenvalue weighted by molar-refractivity contribution is 7.98. The Morgan fingerprint density at radius 3 is 2.50 bits per heavy atom. The number of aromatic nitrogens is 1. The van der Waals surface area contributed by atoms with E-state index in [0.29, 0.717) is 10.8 Å². The quantitative estimate of drug-likeness (QED) is 0.554. The summed E-state index contributed by atoms with van der Waals surface area (Å²) in [7, 11) is 1.25. The van der Waals surface area contributed by atoms with Crippen molar-refractivity contribution in [3.05, 3.63) is 90.8 Å². The maximum absolute atomic E-state index is 13.8. The number of dihydropyridines is 1. The molecular formula is C25H24N4O2S. The van der Waals surface area contributed by atoms with E-state index >= 15 is 0 Å².